The first-order valence-corrected chi connectivity index (χ1v) is 8.27. The molecule has 0 bridgehead atoms. The first-order valence-electron chi connectivity index (χ1n) is 8.27. The van der Waals surface area contributed by atoms with Crippen molar-refractivity contribution in [3.05, 3.63) is 47.3 Å². The minimum Gasteiger partial charge on any atom is -0.507 e. The lowest BCUT2D eigenvalue weighted by atomic mass is 9.98. The molecular weight excluding hydrogens is 348 g/mol. The minimum atomic E-state index is -0.568. The standard InChI is InChI=1S/C20H20N2O5/c1-10-16(25-4)7-6-13(19(10)23)18-15(9-21-12(3)22-18)14-8-17(20(24)26-5)27-11(14)2/h6-9,23H,1-5H3. The van der Waals surface area contributed by atoms with E-state index in [0.29, 0.717) is 45.3 Å². The summed E-state index contributed by atoms with van der Waals surface area (Å²) in [6.45, 7) is 5.27. The third-order valence-corrected chi connectivity index (χ3v) is 4.36. The molecule has 1 N–H and O–H groups in total. The number of methoxy groups -OCH3 is 2. The summed E-state index contributed by atoms with van der Waals surface area (Å²) in [4.78, 5) is 20.6. The Balaban J connectivity index is 2.23. The number of nitrogens with zero attached hydrogens (tertiary/aromatic N) is 2. The molecule has 0 aliphatic rings. The lowest BCUT2D eigenvalue weighted by molar-refractivity contribution is 0.0563. The van der Waals surface area contributed by atoms with Crippen molar-refractivity contribution in [2.24, 2.45) is 0 Å². The van der Waals surface area contributed by atoms with E-state index >= 15 is 0 Å². The second-order valence-electron chi connectivity index (χ2n) is 6.04. The van der Waals surface area contributed by atoms with Crippen LogP contribution >= 0.6 is 0 Å². The van der Waals surface area contributed by atoms with Crippen molar-refractivity contribution in [1.82, 2.24) is 9.97 Å². The number of aromatic hydroxyl groups is 1. The zero-order valence-electron chi connectivity index (χ0n) is 15.8. The normalized spacial score (nSPS) is 10.7. The fraction of sp³-hybridized carbons (Fsp3) is 0.250. The summed E-state index contributed by atoms with van der Waals surface area (Å²) in [5.41, 5.74) is 2.96. The van der Waals surface area contributed by atoms with E-state index in [1.165, 1.54) is 7.11 Å². The summed E-state index contributed by atoms with van der Waals surface area (Å²) in [5, 5.41) is 10.7. The number of aromatic nitrogens is 2. The maximum Gasteiger partial charge on any atom is 0.373 e. The van der Waals surface area contributed by atoms with E-state index in [2.05, 4.69) is 9.97 Å². The minimum absolute atomic E-state index is 0.0723. The van der Waals surface area contributed by atoms with E-state index in [4.69, 9.17) is 13.9 Å². The highest BCUT2D eigenvalue weighted by atomic mass is 16.5. The van der Waals surface area contributed by atoms with Gasteiger partial charge in [0.1, 0.15) is 23.1 Å². The zero-order valence-corrected chi connectivity index (χ0v) is 15.8. The number of carbonyl (C=O) groups is 1. The highest BCUT2D eigenvalue weighted by Crippen LogP contribution is 2.41. The molecule has 7 nitrogen and oxygen atoms in total. The van der Waals surface area contributed by atoms with E-state index in [0.717, 1.165) is 0 Å². The number of ether oxygens (including phenoxy) is 2. The quantitative estimate of drug-likeness (QED) is 0.699. The Kier molecular flexibility index (Phi) is 4.85. The summed E-state index contributed by atoms with van der Waals surface area (Å²) >= 11 is 0. The van der Waals surface area contributed by atoms with E-state index in [9.17, 15) is 9.90 Å². The maximum atomic E-state index is 11.8. The van der Waals surface area contributed by atoms with E-state index < -0.39 is 5.97 Å². The van der Waals surface area contributed by atoms with Crippen LogP contribution in [0.5, 0.6) is 11.5 Å². The van der Waals surface area contributed by atoms with Crippen LogP contribution < -0.4 is 4.74 Å². The van der Waals surface area contributed by atoms with Gasteiger partial charge in [-0.15, -0.1) is 0 Å². The number of carbonyl (C=O) groups excluding carboxylic acids is 1. The largest absolute Gasteiger partial charge is 0.507 e. The molecule has 0 aliphatic carbocycles. The van der Waals surface area contributed by atoms with Gasteiger partial charge in [0, 0.05) is 28.5 Å². The van der Waals surface area contributed by atoms with Crippen LogP contribution in [-0.2, 0) is 4.74 Å². The fourth-order valence-corrected chi connectivity index (χ4v) is 2.92. The second-order valence-corrected chi connectivity index (χ2v) is 6.04. The molecule has 2 heterocycles. The molecule has 3 aromatic rings. The topological polar surface area (TPSA) is 94.7 Å². The van der Waals surface area contributed by atoms with Crippen molar-refractivity contribution in [2.75, 3.05) is 14.2 Å². The van der Waals surface area contributed by atoms with Gasteiger partial charge in [-0.3, -0.25) is 0 Å². The highest BCUT2D eigenvalue weighted by molar-refractivity contribution is 5.91. The number of hydrogen-bond donors (Lipinski definition) is 1. The van der Waals surface area contributed by atoms with Gasteiger partial charge in [-0.25, -0.2) is 14.8 Å². The Morgan fingerprint density at radius 3 is 2.52 bits per heavy atom. The van der Waals surface area contributed by atoms with Crippen molar-refractivity contribution < 1.29 is 23.8 Å². The van der Waals surface area contributed by atoms with Gasteiger partial charge in [0.25, 0.3) is 0 Å². The maximum absolute atomic E-state index is 11.8. The van der Waals surface area contributed by atoms with Gasteiger partial charge in [-0.1, -0.05) is 0 Å². The molecule has 0 aliphatic heterocycles. The summed E-state index contributed by atoms with van der Waals surface area (Å²) < 4.78 is 15.5. The van der Waals surface area contributed by atoms with Gasteiger partial charge in [-0.05, 0) is 39.0 Å². The van der Waals surface area contributed by atoms with Crippen LogP contribution in [0.4, 0.5) is 0 Å². The molecule has 27 heavy (non-hydrogen) atoms. The third kappa shape index (κ3) is 3.23. The first kappa shape index (κ1) is 18.4. The van der Waals surface area contributed by atoms with Crippen molar-refractivity contribution >= 4 is 5.97 Å². The smallest absolute Gasteiger partial charge is 0.373 e. The molecule has 0 atom stereocenters. The summed E-state index contributed by atoms with van der Waals surface area (Å²) in [6.07, 6.45) is 1.65. The van der Waals surface area contributed by atoms with Crippen molar-refractivity contribution in [1.29, 1.82) is 0 Å². The number of phenols is 1. The molecule has 0 saturated heterocycles. The average molecular weight is 368 g/mol. The van der Waals surface area contributed by atoms with Gasteiger partial charge >= 0.3 is 5.97 Å². The fourth-order valence-electron chi connectivity index (χ4n) is 2.92. The predicted molar refractivity (Wildman–Crippen MR) is 98.9 cm³/mol. The van der Waals surface area contributed by atoms with Crippen LogP contribution in [0.1, 0.15) is 27.7 Å². The second kappa shape index (κ2) is 7.11. The van der Waals surface area contributed by atoms with Crippen LogP contribution in [0.25, 0.3) is 22.4 Å². The molecular formula is C20H20N2O5. The molecule has 7 heteroatoms. The van der Waals surface area contributed by atoms with E-state index in [1.807, 2.05) is 0 Å². The van der Waals surface area contributed by atoms with Crippen molar-refractivity contribution in [3.8, 4) is 33.9 Å². The average Bonchev–Trinajstić information content (AvgIpc) is 3.04. The van der Waals surface area contributed by atoms with Crippen molar-refractivity contribution in [3.63, 3.8) is 0 Å². The molecule has 0 saturated carbocycles. The number of hydrogen-bond acceptors (Lipinski definition) is 7. The van der Waals surface area contributed by atoms with Crippen molar-refractivity contribution in [2.45, 2.75) is 20.8 Å². The Bertz CT molecular complexity index is 1020. The molecule has 0 fully saturated rings. The zero-order chi connectivity index (χ0) is 19.7. The van der Waals surface area contributed by atoms with Crippen LogP contribution in [0, 0.1) is 20.8 Å². The van der Waals surface area contributed by atoms with E-state index in [-0.39, 0.29) is 11.5 Å². The summed E-state index contributed by atoms with van der Waals surface area (Å²) in [6, 6.07) is 5.10. The number of benzene rings is 1. The van der Waals surface area contributed by atoms with Gasteiger partial charge in [0.2, 0.25) is 5.76 Å². The first-order chi connectivity index (χ1) is 12.9. The van der Waals surface area contributed by atoms with Crippen LogP contribution in [0.2, 0.25) is 0 Å². The Morgan fingerprint density at radius 1 is 1.11 bits per heavy atom. The third-order valence-electron chi connectivity index (χ3n) is 4.36. The van der Waals surface area contributed by atoms with Crippen LogP contribution in [-0.4, -0.2) is 35.3 Å². The van der Waals surface area contributed by atoms with E-state index in [1.54, 1.807) is 52.3 Å². The Labute approximate surface area is 156 Å². The number of aryl methyl sites for hydroxylation is 2. The van der Waals surface area contributed by atoms with Gasteiger partial charge < -0.3 is 19.0 Å². The number of rotatable bonds is 4. The molecule has 0 unspecified atom stereocenters. The number of furan rings is 1. The van der Waals surface area contributed by atoms with Gasteiger partial charge in [-0.2, -0.15) is 0 Å². The molecule has 0 spiro atoms. The molecule has 0 radical (unpaired) electrons. The molecule has 0 amide bonds. The van der Waals surface area contributed by atoms with Gasteiger partial charge in [0.15, 0.2) is 0 Å². The summed E-state index contributed by atoms with van der Waals surface area (Å²) in [5.74, 6) is 1.25. The Hall–Kier alpha value is -3.35. The Morgan fingerprint density at radius 2 is 1.85 bits per heavy atom. The van der Waals surface area contributed by atoms with Crippen LogP contribution in [0.15, 0.2) is 28.8 Å². The highest BCUT2D eigenvalue weighted by Gasteiger charge is 2.22. The number of esters is 1. The molecule has 3 rings (SSSR count). The lowest BCUT2D eigenvalue weighted by Gasteiger charge is -2.13. The lowest BCUT2D eigenvalue weighted by Crippen LogP contribution is -1.98. The predicted octanol–water partition coefficient (Wildman–Crippen LogP) is 3.83. The molecule has 2 aromatic heterocycles. The van der Waals surface area contributed by atoms with Gasteiger partial charge in [0.05, 0.1) is 19.9 Å². The van der Waals surface area contributed by atoms with Crippen LogP contribution in [0.3, 0.4) is 0 Å². The monoisotopic (exact) mass is 368 g/mol. The molecule has 1 aromatic carbocycles. The SMILES string of the molecule is COC(=O)c1cc(-c2cnc(C)nc2-c2ccc(OC)c(C)c2O)c(C)o1. The summed E-state index contributed by atoms with van der Waals surface area (Å²) in [7, 11) is 2.84. The molecule has 140 valence electrons. The number of phenolic OH excluding ortho intramolecular Hbond substituents is 1.